The van der Waals surface area contributed by atoms with Crippen LogP contribution in [-0.4, -0.2) is 33.9 Å². The van der Waals surface area contributed by atoms with Crippen LogP contribution in [0.1, 0.15) is 32.1 Å². The van der Waals surface area contributed by atoms with Gasteiger partial charge in [-0.05, 0) is 25.2 Å². The Morgan fingerprint density at radius 1 is 1.35 bits per heavy atom. The van der Waals surface area contributed by atoms with E-state index in [-0.39, 0.29) is 0 Å². The molecule has 0 spiro atoms. The monoisotopic (exact) mass is 253 g/mol. The van der Waals surface area contributed by atoms with E-state index in [1.807, 2.05) is 23.1 Å². The maximum absolute atomic E-state index is 4.21. The minimum atomic E-state index is 0.502. The summed E-state index contributed by atoms with van der Waals surface area (Å²) < 4.78 is 2.49. The SMILES string of the molecule is CSC1(CNCCn2cccn2)CCCCC1. The van der Waals surface area contributed by atoms with Gasteiger partial charge in [0.05, 0.1) is 6.54 Å². The zero-order chi connectivity index (χ0) is 12.0. The molecule has 0 amide bonds. The molecular weight excluding hydrogens is 230 g/mol. The van der Waals surface area contributed by atoms with E-state index < -0.39 is 0 Å². The van der Waals surface area contributed by atoms with Gasteiger partial charge in [-0.25, -0.2) is 0 Å². The van der Waals surface area contributed by atoms with Crippen molar-refractivity contribution in [3.63, 3.8) is 0 Å². The van der Waals surface area contributed by atoms with E-state index in [1.165, 1.54) is 32.1 Å². The molecule has 2 rings (SSSR count). The van der Waals surface area contributed by atoms with E-state index in [0.29, 0.717) is 4.75 Å². The largest absolute Gasteiger partial charge is 0.314 e. The van der Waals surface area contributed by atoms with Crippen molar-refractivity contribution < 1.29 is 0 Å². The van der Waals surface area contributed by atoms with Crippen molar-refractivity contribution in [2.45, 2.75) is 43.4 Å². The minimum Gasteiger partial charge on any atom is -0.314 e. The molecule has 0 radical (unpaired) electrons. The molecule has 1 aliphatic carbocycles. The van der Waals surface area contributed by atoms with Crippen LogP contribution in [0, 0.1) is 0 Å². The fourth-order valence-electron chi connectivity index (χ4n) is 2.59. The first kappa shape index (κ1) is 13.0. The van der Waals surface area contributed by atoms with Crippen molar-refractivity contribution in [3.8, 4) is 0 Å². The highest BCUT2D eigenvalue weighted by atomic mass is 32.2. The molecule has 4 heteroatoms. The summed E-state index contributed by atoms with van der Waals surface area (Å²) in [5.74, 6) is 0. The number of hydrogen-bond donors (Lipinski definition) is 1. The first-order valence-corrected chi connectivity index (χ1v) is 7.80. The highest BCUT2D eigenvalue weighted by Crippen LogP contribution is 2.37. The van der Waals surface area contributed by atoms with E-state index in [2.05, 4.69) is 28.4 Å². The van der Waals surface area contributed by atoms with Gasteiger partial charge in [-0.15, -0.1) is 0 Å². The lowest BCUT2D eigenvalue weighted by Gasteiger charge is -2.36. The highest BCUT2D eigenvalue weighted by Gasteiger charge is 2.30. The standard InChI is InChI=1S/C13H23N3S/c1-17-13(6-3-2-4-7-13)12-14-9-11-16-10-5-8-15-16/h5,8,10,14H,2-4,6-7,9,11-12H2,1H3. The van der Waals surface area contributed by atoms with Crippen molar-refractivity contribution >= 4 is 11.8 Å². The molecule has 1 aliphatic rings. The predicted molar refractivity (Wildman–Crippen MR) is 74.4 cm³/mol. The molecule has 0 aromatic carbocycles. The minimum absolute atomic E-state index is 0.502. The molecule has 17 heavy (non-hydrogen) atoms. The molecule has 0 atom stereocenters. The molecule has 0 bridgehead atoms. The fraction of sp³-hybridized carbons (Fsp3) is 0.769. The van der Waals surface area contributed by atoms with Gasteiger partial charge in [0.2, 0.25) is 0 Å². The molecule has 1 N–H and O–H groups in total. The molecule has 0 unspecified atom stereocenters. The van der Waals surface area contributed by atoms with E-state index in [1.54, 1.807) is 0 Å². The number of thioether (sulfide) groups is 1. The Balaban J connectivity index is 1.69. The van der Waals surface area contributed by atoms with Crippen molar-refractivity contribution in [2.75, 3.05) is 19.3 Å². The van der Waals surface area contributed by atoms with Crippen LogP contribution in [0.15, 0.2) is 18.5 Å². The number of hydrogen-bond acceptors (Lipinski definition) is 3. The van der Waals surface area contributed by atoms with Crippen LogP contribution in [0.3, 0.4) is 0 Å². The Kier molecular flexibility index (Phi) is 4.92. The fourth-order valence-corrected chi connectivity index (χ4v) is 3.54. The molecule has 1 fully saturated rings. The number of nitrogens with one attached hydrogen (secondary N) is 1. The van der Waals surface area contributed by atoms with Crippen molar-refractivity contribution in [1.29, 1.82) is 0 Å². The Labute approximate surface area is 108 Å². The molecule has 1 heterocycles. The molecule has 0 saturated heterocycles. The lowest BCUT2D eigenvalue weighted by molar-refractivity contribution is 0.376. The number of aromatic nitrogens is 2. The maximum atomic E-state index is 4.21. The summed E-state index contributed by atoms with van der Waals surface area (Å²) >= 11 is 2.06. The molecule has 1 saturated carbocycles. The van der Waals surface area contributed by atoms with Crippen molar-refractivity contribution in [1.82, 2.24) is 15.1 Å². The van der Waals surface area contributed by atoms with Gasteiger partial charge in [-0.3, -0.25) is 4.68 Å². The Morgan fingerprint density at radius 2 is 2.18 bits per heavy atom. The number of rotatable bonds is 6. The van der Waals surface area contributed by atoms with Gasteiger partial charge in [0.1, 0.15) is 0 Å². The Hall–Kier alpha value is -0.480. The average Bonchev–Trinajstić information content (AvgIpc) is 2.89. The van der Waals surface area contributed by atoms with Gasteiger partial charge >= 0.3 is 0 Å². The summed E-state index contributed by atoms with van der Waals surface area (Å²) in [7, 11) is 0. The van der Waals surface area contributed by atoms with Gasteiger partial charge < -0.3 is 5.32 Å². The third-order valence-corrected chi connectivity index (χ3v) is 5.14. The summed E-state index contributed by atoms with van der Waals surface area (Å²) in [6.45, 7) is 3.14. The zero-order valence-corrected chi connectivity index (χ0v) is 11.5. The highest BCUT2D eigenvalue weighted by molar-refractivity contribution is 8.00. The molecule has 3 nitrogen and oxygen atoms in total. The third kappa shape index (κ3) is 3.75. The Morgan fingerprint density at radius 3 is 2.82 bits per heavy atom. The third-order valence-electron chi connectivity index (χ3n) is 3.72. The topological polar surface area (TPSA) is 29.9 Å². The van der Waals surface area contributed by atoms with E-state index in [9.17, 15) is 0 Å². The Bertz CT molecular complexity index is 304. The van der Waals surface area contributed by atoms with Gasteiger partial charge in [0, 0.05) is 30.2 Å². The quantitative estimate of drug-likeness (QED) is 0.790. The first-order chi connectivity index (χ1) is 8.35. The van der Waals surface area contributed by atoms with Crippen LogP contribution < -0.4 is 5.32 Å². The van der Waals surface area contributed by atoms with Crippen LogP contribution in [0.4, 0.5) is 0 Å². The van der Waals surface area contributed by atoms with E-state index in [4.69, 9.17) is 0 Å². The number of nitrogens with zero attached hydrogens (tertiary/aromatic N) is 2. The van der Waals surface area contributed by atoms with Crippen LogP contribution in [0.2, 0.25) is 0 Å². The normalized spacial score (nSPS) is 19.4. The first-order valence-electron chi connectivity index (χ1n) is 6.58. The molecule has 0 aliphatic heterocycles. The van der Waals surface area contributed by atoms with Crippen LogP contribution in [0.5, 0.6) is 0 Å². The van der Waals surface area contributed by atoms with Crippen LogP contribution in [0.25, 0.3) is 0 Å². The van der Waals surface area contributed by atoms with Crippen molar-refractivity contribution in [3.05, 3.63) is 18.5 Å². The lowest BCUT2D eigenvalue weighted by atomic mass is 9.88. The second kappa shape index (κ2) is 6.45. The molecular formula is C13H23N3S. The maximum Gasteiger partial charge on any atom is 0.0533 e. The van der Waals surface area contributed by atoms with Crippen LogP contribution >= 0.6 is 11.8 Å². The molecule has 1 aromatic rings. The van der Waals surface area contributed by atoms with Gasteiger partial charge in [0.15, 0.2) is 0 Å². The van der Waals surface area contributed by atoms with Gasteiger partial charge in [0.25, 0.3) is 0 Å². The van der Waals surface area contributed by atoms with Gasteiger partial charge in [-0.2, -0.15) is 16.9 Å². The summed E-state index contributed by atoms with van der Waals surface area (Å²) in [4.78, 5) is 0. The van der Waals surface area contributed by atoms with Crippen LogP contribution in [-0.2, 0) is 6.54 Å². The summed E-state index contributed by atoms with van der Waals surface area (Å²) in [6.07, 6.45) is 13.1. The molecule has 1 aromatic heterocycles. The molecule has 96 valence electrons. The summed E-state index contributed by atoms with van der Waals surface area (Å²) in [5, 5.41) is 7.81. The summed E-state index contributed by atoms with van der Waals surface area (Å²) in [6, 6.07) is 1.98. The zero-order valence-electron chi connectivity index (χ0n) is 10.7. The lowest BCUT2D eigenvalue weighted by Crippen LogP contribution is -2.40. The van der Waals surface area contributed by atoms with E-state index in [0.717, 1.165) is 19.6 Å². The predicted octanol–water partition coefficient (Wildman–Crippen LogP) is 2.54. The summed E-state index contributed by atoms with van der Waals surface area (Å²) in [5.41, 5.74) is 0. The van der Waals surface area contributed by atoms with Gasteiger partial charge in [-0.1, -0.05) is 19.3 Å². The second-order valence-corrected chi connectivity index (χ2v) is 6.17. The van der Waals surface area contributed by atoms with Crippen molar-refractivity contribution in [2.24, 2.45) is 0 Å². The van der Waals surface area contributed by atoms with E-state index >= 15 is 0 Å². The second-order valence-electron chi connectivity index (χ2n) is 4.89. The smallest absolute Gasteiger partial charge is 0.0533 e. The average molecular weight is 253 g/mol.